The Morgan fingerprint density at radius 3 is 2.40 bits per heavy atom. The number of pyridine rings is 2. The zero-order chi connectivity index (χ0) is 17.6. The number of nitrogens with zero attached hydrogens (tertiary/aromatic N) is 4. The quantitative estimate of drug-likeness (QED) is 0.579. The number of hydrogen-bond acceptors (Lipinski definition) is 6. The zero-order valence-electron chi connectivity index (χ0n) is 14.1. The molecule has 0 aliphatic rings. The summed E-state index contributed by atoms with van der Waals surface area (Å²) in [7, 11) is 5.13. The van der Waals surface area contributed by atoms with Gasteiger partial charge in [0.05, 0.1) is 43.6 Å². The van der Waals surface area contributed by atoms with Crippen LogP contribution in [0.15, 0.2) is 36.9 Å². The Bertz CT molecular complexity index is 1100. The van der Waals surface area contributed by atoms with E-state index in [1.165, 1.54) is 0 Å². The Morgan fingerprint density at radius 2 is 1.72 bits per heavy atom. The number of ether oxygens (including phenoxy) is 2. The molecule has 1 aromatic carbocycles. The first-order valence-electron chi connectivity index (χ1n) is 7.70. The van der Waals surface area contributed by atoms with Gasteiger partial charge in [-0.2, -0.15) is 0 Å². The average Bonchev–Trinajstić information content (AvgIpc) is 3.06. The molecule has 0 atom stereocenters. The highest BCUT2D eigenvalue weighted by molar-refractivity contribution is 6.10. The highest BCUT2D eigenvalue weighted by Crippen LogP contribution is 2.36. The van der Waals surface area contributed by atoms with Crippen LogP contribution in [-0.4, -0.2) is 33.7 Å². The first-order valence-corrected chi connectivity index (χ1v) is 7.70. The van der Waals surface area contributed by atoms with Crippen molar-refractivity contribution in [1.29, 1.82) is 0 Å². The van der Waals surface area contributed by atoms with Gasteiger partial charge >= 0.3 is 0 Å². The van der Waals surface area contributed by atoms with Crippen molar-refractivity contribution < 1.29 is 9.47 Å². The number of aromatic nitrogens is 4. The van der Waals surface area contributed by atoms with Crippen LogP contribution in [0.2, 0.25) is 0 Å². The van der Waals surface area contributed by atoms with Gasteiger partial charge < -0.3 is 19.8 Å². The number of methoxy groups -OCH3 is 2. The number of hydrogen-bond donors (Lipinski definition) is 1. The molecule has 7 heteroatoms. The van der Waals surface area contributed by atoms with Crippen LogP contribution in [0, 0.1) is 0 Å². The van der Waals surface area contributed by atoms with Gasteiger partial charge in [-0.3, -0.25) is 4.98 Å². The Morgan fingerprint density at radius 1 is 0.960 bits per heavy atom. The van der Waals surface area contributed by atoms with Gasteiger partial charge in [0.25, 0.3) is 0 Å². The lowest BCUT2D eigenvalue weighted by Crippen LogP contribution is -1.99. The van der Waals surface area contributed by atoms with Crippen molar-refractivity contribution in [2.24, 2.45) is 7.05 Å². The molecule has 2 N–H and O–H groups in total. The molecule has 126 valence electrons. The molecule has 7 nitrogen and oxygen atoms in total. The minimum atomic E-state index is 0.429. The van der Waals surface area contributed by atoms with Gasteiger partial charge in [-0.25, -0.2) is 9.97 Å². The number of imidazole rings is 1. The molecule has 25 heavy (non-hydrogen) atoms. The van der Waals surface area contributed by atoms with Gasteiger partial charge in [0, 0.05) is 30.1 Å². The molecular weight excluding hydrogens is 318 g/mol. The smallest absolute Gasteiger partial charge is 0.162 e. The maximum Gasteiger partial charge on any atom is 0.162 e. The van der Waals surface area contributed by atoms with Gasteiger partial charge in [-0.15, -0.1) is 0 Å². The van der Waals surface area contributed by atoms with Crippen molar-refractivity contribution in [2.45, 2.75) is 0 Å². The van der Waals surface area contributed by atoms with Crippen LogP contribution in [0.3, 0.4) is 0 Å². The van der Waals surface area contributed by atoms with Crippen molar-refractivity contribution in [3.63, 3.8) is 0 Å². The van der Waals surface area contributed by atoms with Crippen LogP contribution in [0.4, 0.5) is 5.82 Å². The van der Waals surface area contributed by atoms with E-state index in [9.17, 15) is 0 Å². The highest BCUT2D eigenvalue weighted by Gasteiger charge is 2.14. The van der Waals surface area contributed by atoms with E-state index in [0.717, 1.165) is 33.1 Å². The Labute approximate surface area is 144 Å². The molecule has 0 amide bonds. The monoisotopic (exact) mass is 335 g/mol. The van der Waals surface area contributed by atoms with Gasteiger partial charge in [0.1, 0.15) is 5.82 Å². The molecule has 0 radical (unpaired) electrons. The van der Waals surface area contributed by atoms with E-state index in [4.69, 9.17) is 15.2 Å². The Hall–Kier alpha value is -3.35. The molecule has 0 saturated carbocycles. The summed E-state index contributed by atoms with van der Waals surface area (Å²) in [4.78, 5) is 13.2. The van der Waals surface area contributed by atoms with Gasteiger partial charge in [0.2, 0.25) is 0 Å². The summed E-state index contributed by atoms with van der Waals surface area (Å²) >= 11 is 0. The molecule has 0 spiro atoms. The second-order valence-electron chi connectivity index (χ2n) is 5.73. The Balaban J connectivity index is 2.08. The van der Waals surface area contributed by atoms with Crippen molar-refractivity contribution in [2.75, 3.05) is 20.0 Å². The minimum Gasteiger partial charge on any atom is -0.493 e. The predicted molar refractivity (Wildman–Crippen MR) is 96.8 cm³/mol. The highest BCUT2D eigenvalue weighted by atomic mass is 16.5. The number of rotatable bonds is 3. The number of benzene rings is 1. The van der Waals surface area contributed by atoms with Crippen LogP contribution < -0.4 is 15.2 Å². The number of nitrogens with two attached hydrogens (primary N) is 1. The molecule has 4 rings (SSSR count). The number of fused-ring (bicyclic) bond motifs is 3. The molecule has 0 aliphatic heterocycles. The lowest BCUT2D eigenvalue weighted by Gasteiger charge is -2.12. The van der Waals surface area contributed by atoms with Gasteiger partial charge in [-0.05, 0) is 17.5 Å². The van der Waals surface area contributed by atoms with Crippen molar-refractivity contribution >= 4 is 27.5 Å². The third-order valence-corrected chi connectivity index (χ3v) is 4.29. The topological polar surface area (TPSA) is 88.1 Å². The fourth-order valence-corrected chi connectivity index (χ4v) is 2.99. The molecule has 0 unspecified atom stereocenters. The number of anilines is 1. The maximum absolute atomic E-state index is 6.19. The lowest BCUT2D eigenvalue weighted by molar-refractivity contribution is 0.356. The standard InChI is InChI=1S/C18H17N5O2/c1-23-9-20-8-15(23)14-4-10-11-5-16(24-2)17(25-3)6-13(11)21-7-12(10)18(19)22-14/h4-9H,1-3H3,(H2,19,22). The normalized spacial score (nSPS) is 11.2. The van der Waals surface area contributed by atoms with E-state index < -0.39 is 0 Å². The van der Waals surface area contributed by atoms with Crippen molar-refractivity contribution in [3.05, 3.63) is 36.9 Å². The number of aryl methyl sites for hydroxylation is 1. The molecular formula is C18H17N5O2. The van der Waals surface area contributed by atoms with Crippen LogP contribution in [-0.2, 0) is 7.05 Å². The van der Waals surface area contributed by atoms with Crippen molar-refractivity contribution in [1.82, 2.24) is 19.5 Å². The summed E-state index contributed by atoms with van der Waals surface area (Å²) in [5.74, 6) is 1.70. The zero-order valence-corrected chi connectivity index (χ0v) is 14.1. The van der Waals surface area contributed by atoms with Crippen LogP contribution in [0.1, 0.15) is 0 Å². The van der Waals surface area contributed by atoms with E-state index in [-0.39, 0.29) is 0 Å². The first kappa shape index (κ1) is 15.2. The summed E-state index contributed by atoms with van der Waals surface area (Å²) in [6, 6.07) is 5.77. The molecule has 0 aliphatic carbocycles. The molecule has 3 aromatic heterocycles. The molecule has 0 saturated heterocycles. The first-order chi connectivity index (χ1) is 12.1. The summed E-state index contributed by atoms with van der Waals surface area (Å²) in [5.41, 5.74) is 8.64. The average molecular weight is 335 g/mol. The van der Waals surface area contributed by atoms with Crippen LogP contribution >= 0.6 is 0 Å². The SMILES string of the molecule is COc1cc2ncc3c(N)nc(-c4cncn4C)cc3c2cc1OC. The third kappa shape index (κ3) is 2.32. The lowest BCUT2D eigenvalue weighted by atomic mass is 10.1. The third-order valence-electron chi connectivity index (χ3n) is 4.29. The Kier molecular flexibility index (Phi) is 3.42. The second-order valence-corrected chi connectivity index (χ2v) is 5.73. The summed E-state index contributed by atoms with van der Waals surface area (Å²) in [6.45, 7) is 0. The largest absolute Gasteiger partial charge is 0.493 e. The molecule has 0 bridgehead atoms. The van der Waals surface area contributed by atoms with E-state index in [1.807, 2.05) is 29.8 Å². The van der Waals surface area contributed by atoms with E-state index in [1.54, 1.807) is 32.9 Å². The maximum atomic E-state index is 6.19. The number of nitrogen functional groups attached to an aromatic ring is 1. The van der Waals surface area contributed by atoms with E-state index in [0.29, 0.717) is 17.3 Å². The minimum absolute atomic E-state index is 0.429. The van der Waals surface area contributed by atoms with Gasteiger partial charge in [-0.1, -0.05) is 0 Å². The van der Waals surface area contributed by atoms with Crippen molar-refractivity contribution in [3.8, 4) is 22.9 Å². The summed E-state index contributed by atoms with van der Waals surface area (Å²) in [5, 5.41) is 2.67. The molecule has 0 fully saturated rings. The predicted octanol–water partition coefficient (Wildman–Crippen LogP) is 2.78. The fourth-order valence-electron chi connectivity index (χ4n) is 2.99. The summed E-state index contributed by atoms with van der Waals surface area (Å²) in [6.07, 6.45) is 5.23. The van der Waals surface area contributed by atoms with Crippen LogP contribution in [0.25, 0.3) is 33.1 Å². The molecule has 3 heterocycles. The fraction of sp³-hybridized carbons (Fsp3) is 0.167. The van der Waals surface area contributed by atoms with E-state index in [2.05, 4.69) is 15.0 Å². The van der Waals surface area contributed by atoms with Gasteiger partial charge in [0.15, 0.2) is 11.5 Å². The second kappa shape index (κ2) is 5.62. The molecule has 4 aromatic rings. The summed E-state index contributed by atoms with van der Waals surface area (Å²) < 4.78 is 12.7. The van der Waals surface area contributed by atoms with E-state index >= 15 is 0 Å². The van der Waals surface area contributed by atoms with Crippen LogP contribution in [0.5, 0.6) is 11.5 Å².